The van der Waals surface area contributed by atoms with Crippen molar-refractivity contribution in [1.82, 2.24) is 0 Å². The van der Waals surface area contributed by atoms with Crippen LogP contribution >= 0.6 is 0 Å². The lowest BCUT2D eigenvalue weighted by Crippen LogP contribution is -1.86. The Labute approximate surface area is 67.8 Å². The lowest BCUT2D eigenvalue weighted by atomic mass is 10.2. The summed E-state index contributed by atoms with van der Waals surface area (Å²) in [4.78, 5) is 0. The normalized spacial score (nSPS) is 10.4. The molecule has 0 amide bonds. The Bertz CT molecular complexity index is 308. The van der Waals surface area contributed by atoms with Crippen LogP contribution in [0.5, 0.6) is 0 Å². The van der Waals surface area contributed by atoms with E-state index in [0.717, 1.165) is 11.1 Å². The van der Waals surface area contributed by atoms with E-state index in [4.69, 9.17) is 0 Å². The third-order valence-electron chi connectivity index (χ3n) is 1.32. The fourth-order valence-corrected chi connectivity index (χ4v) is 1.34. The van der Waals surface area contributed by atoms with Gasteiger partial charge in [0.05, 0.1) is 5.75 Å². The van der Waals surface area contributed by atoms with E-state index >= 15 is 0 Å². The first-order valence-corrected chi connectivity index (χ1v) is 4.64. The van der Waals surface area contributed by atoms with Crippen molar-refractivity contribution in [1.29, 1.82) is 0 Å². The molecule has 2 nitrogen and oxygen atoms in total. The molecule has 0 unspecified atom stereocenters. The van der Waals surface area contributed by atoms with Gasteiger partial charge in [0, 0.05) is 0 Å². The number of aryl methyl sites for hydroxylation is 1. The van der Waals surface area contributed by atoms with Gasteiger partial charge in [-0.25, -0.2) is 8.42 Å². The smallest absolute Gasteiger partial charge is 0.144 e. The van der Waals surface area contributed by atoms with Crippen LogP contribution < -0.4 is 0 Å². The molecule has 1 rings (SSSR count). The van der Waals surface area contributed by atoms with Crippen LogP contribution in [-0.2, 0) is 16.5 Å². The van der Waals surface area contributed by atoms with Gasteiger partial charge in [-0.2, -0.15) is 0 Å². The number of thiol groups is 1. The van der Waals surface area contributed by atoms with E-state index in [1.165, 1.54) is 0 Å². The second-order valence-corrected chi connectivity index (χ2v) is 3.36. The standard InChI is InChI=1S/C8H9O2S/c1-7-3-2-4-8(5-7)6-11(9)10/h2-3,5,11H,6H2,1H3. The fourth-order valence-electron chi connectivity index (χ4n) is 0.875. The summed E-state index contributed by atoms with van der Waals surface area (Å²) in [6.07, 6.45) is 0. The molecule has 1 aromatic carbocycles. The van der Waals surface area contributed by atoms with Gasteiger partial charge in [0.25, 0.3) is 0 Å². The molecule has 0 bridgehead atoms. The molecule has 0 aliphatic heterocycles. The molecule has 0 N–H and O–H groups in total. The molecule has 1 radical (unpaired) electrons. The highest BCUT2D eigenvalue weighted by Gasteiger charge is 1.93. The van der Waals surface area contributed by atoms with E-state index in [1.807, 2.05) is 19.1 Å². The minimum absolute atomic E-state index is 0.0943. The Balaban J connectivity index is 2.87. The summed E-state index contributed by atoms with van der Waals surface area (Å²) in [6, 6.07) is 8.31. The van der Waals surface area contributed by atoms with Crippen LogP contribution in [0.25, 0.3) is 0 Å². The zero-order valence-electron chi connectivity index (χ0n) is 6.20. The summed E-state index contributed by atoms with van der Waals surface area (Å²) < 4.78 is 20.6. The zero-order chi connectivity index (χ0) is 8.27. The highest BCUT2D eigenvalue weighted by Crippen LogP contribution is 2.03. The summed E-state index contributed by atoms with van der Waals surface area (Å²) in [5.41, 5.74) is 1.80. The predicted octanol–water partition coefficient (Wildman–Crippen LogP) is 0.907. The Morgan fingerprint density at radius 1 is 1.55 bits per heavy atom. The van der Waals surface area contributed by atoms with E-state index in [9.17, 15) is 8.42 Å². The average Bonchev–Trinajstić information content (AvgIpc) is 1.85. The average molecular weight is 169 g/mol. The van der Waals surface area contributed by atoms with Gasteiger partial charge in [0.15, 0.2) is 0 Å². The molecule has 0 saturated heterocycles. The highest BCUT2D eigenvalue weighted by atomic mass is 32.2. The molecule has 0 heterocycles. The minimum atomic E-state index is -2.32. The van der Waals surface area contributed by atoms with Crippen LogP contribution in [-0.4, -0.2) is 8.42 Å². The van der Waals surface area contributed by atoms with Crippen molar-refractivity contribution < 1.29 is 8.42 Å². The second-order valence-electron chi connectivity index (χ2n) is 2.38. The Morgan fingerprint density at radius 2 is 2.27 bits per heavy atom. The summed E-state index contributed by atoms with van der Waals surface area (Å²) in [6.45, 7) is 1.93. The van der Waals surface area contributed by atoms with Gasteiger partial charge in [-0.05, 0) is 18.6 Å². The van der Waals surface area contributed by atoms with Crippen molar-refractivity contribution >= 4 is 10.7 Å². The van der Waals surface area contributed by atoms with Crippen LogP contribution in [0.1, 0.15) is 11.1 Å². The summed E-state index contributed by atoms with van der Waals surface area (Å²) in [7, 11) is -2.32. The molecule has 0 spiro atoms. The van der Waals surface area contributed by atoms with Crippen LogP contribution in [0.4, 0.5) is 0 Å². The summed E-state index contributed by atoms with van der Waals surface area (Å²) in [5, 5.41) is 0. The van der Waals surface area contributed by atoms with Gasteiger partial charge >= 0.3 is 0 Å². The van der Waals surface area contributed by atoms with Crippen LogP contribution in [0.15, 0.2) is 18.2 Å². The molecule has 0 saturated carbocycles. The maximum absolute atomic E-state index is 10.3. The van der Waals surface area contributed by atoms with E-state index in [2.05, 4.69) is 6.07 Å². The van der Waals surface area contributed by atoms with E-state index in [-0.39, 0.29) is 5.75 Å². The Hall–Kier alpha value is -0.830. The van der Waals surface area contributed by atoms with Crippen molar-refractivity contribution in [2.75, 3.05) is 0 Å². The van der Waals surface area contributed by atoms with Gasteiger partial charge in [-0.15, -0.1) is 0 Å². The minimum Gasteiger partial charge on any atom is -0.232 e. The Kier molecular flexibility index (Phi) is 2.65. The number of hydrogen-bond donors (Lipinski definition) is 1. The van der Waals surface area contributed by atoms with Crippen LogP contribution in [0.3, 0.4) is 0 Å². The van der Waals surface area contributed by atoms with Gasteiger partial charge in [0.1, 0.15) is 10.7 Å². The molecule has 1 aromatic rings. The first-order chi connectivity index (χ1) is 5.18. The number of hydrogen-bond acceptors (Lipinski definition) is 2. The molecule has 0 fully saturated rings. The maximum Gasteiger partial charge on any atom is 0.144 e. The van der Waals surface area contributed by atoms with Gasteiger partial charge in [0.2, 0.25) is 0 Å². The molecule has 59 valence electrons. The molecule has 0 aliphatic rings. The monoisotopic (exact) mass is 169 g/mol. The van der Waals surface area contributed by atoms with Crippen LogP contribution in [0, 0.1) is 13.0 Å². The zero-order valence-corrected chi connectivity index (χ0v) is 7.10. The lowest BCUT2D eigenvalue weighted by molar-refractivity contribution is 0.614. The van der Waals surface area contributed by atoms with E-state index < -0.39 is 10.7 Å². The topological polar surface area (TPSA) is 34.1 Å². The molecule has 0 aromatic heterocycles. The van der Waals surface area contributed by atoms with Crippen molar-refractivity contribution in [2.45, 2.75) is 12.7 Å². The molecular formula is C8H9O2S. The number of benzene rings is 1. The van der Waals surface area contributed by atoms with Gasteiger partial charge < -0.3 is 0 Å². The molecule has 3 heteroatoms. The van der Waals surface area contributed by atoms with Gasteiger partial charge in [-0.3, -0.25) is 0 Å². The van der Waals surface area contributed by atoms with Crippen molar-refractivity contribution in [3.8, 4) is 0 Å². The highest BCUT2D eigenvalue weighted by molar-refractivity contribution is 7.71. The molecule has 0 atom stereocenters. The Morgan fingerprint density at radius 3 is 2.82 bits per heavy atom. The molecule has 11 heavy (non-hydrogen) atoms. The first-order valence-electron chi connectivity index (χ1n) is 3.27. The SMILES string of the molecule is Cc1cc[c]c(C[SH](=O)=O)c1. The van der Waals surface area contributed by atoms with Gasteiger partial charge in [-0.1, -0.05) is 23.8 Å². The van der Waals surface area contributed by atoms with E-state index in [1.54, 1.807) is 6.07 Å². The largest absolute Gasteiger partial charge is 0.232 e. The van der Waals surface area contributed by atoms with Crippen molar-refractivity contribution in [3.05, 3.63) is 35.4 Å². The van der Waals surface area contributed by atoms with Crippen molar-refractivity contribution in [2.24, 2.45) is 0 Å². The fraction of sp³-hybridized carbons (Fsp3) is 0.250. The maximum atomic E-state index is 10.3. The molecular weight excluding hydrogens is 160 g/mol. The summed E-state index contributed by atoms with van der Waals surface area (Å²) in [5.74, 6) is 0.0943. The number of rotatable bonds is 2. The van der Waals surface area contributed by atoms with E-state index in [0.29, 0.717) is 0 Å². The van der Waals surface area contributed by atoms with Crippen molar-refractivity contribution in [3.63, 3.8) is 0 Å². The first kappa shape index (κ1) is 8.27. The lowest BCUT2D eigenvalue weighted by Gasteiger charge is -1.94. The second kappa shape index (κ2) is 3.53. The van der Waals surface area contributed by atoms with Crippen LogP contribution in [0.2, 0.25) is 0 Å². The third-order valence-corrected chi connectivity index (χ3v) is 1.92. The molecule has 0 aliphatic carbocycles. The quantitative estimate of drug-likeness (QED) is 0.668. The summed E-state index contributed by atoms with van der Waals surface area (Å²) >= 11 is 0. The predicted molar refractivity (Wildman–Crippen MR) is 44.0 cm³/mol. The third kappa shape index (κ3) is 2.72.